The fourth-order valence-electron chi connectivity index (χ4n) is 3.00. The molecule has 13 heteroatoms. The number of rotatable bonds is 4. The van der Waals surface area contributed by atoms with E-state index in [9.17, 15) is 30.0 Å². The summed E-state index contributed by atoms with van der Waals surface area (Å²) in [5, 5.41) is 3.84. The molecule has 2 heterocycles. The molecule has 8 nitrogen and oxygen atoms in total. The van der Waals surface area contributed by atoms with Crippen molar-refractivity contribution in [1.82, 2.24) is 18.4 Å². The number of nitrogens with zero attached hydrogens (tertiary/aromatic N) is 4. The molecule has 0 bridgehead atoms. The molecule has 1 fully saturated rings. The van der Waals surface area contributed by atoms with Crippen molar-refractivity contribution in [3.63, 3.8) is 0 Å². The Morgan fingerprint density at radius 2 is 1.38 bits per heavy atom. The number of alkyl halides is 3. The average Bonchev–Trinajstić information content (AvgIpc) is 2.93. The van der Waals surface area contributed by atoms with Crippen LogP contribution in [0.25, 0.3) is 0 Å². The van der Waals surface area contributed by atoms with Crippen molar-refractivity contribution in [2.75, 3.05) is 26.2 Å². The van der Waals surface area contributed by atoms with Gasteiger partial charge >= 0.3 is 6.18 Å². The van der Waals surface area contributed by atoms with E-state index in [0.717, 1.165) is 16.4 Å². The standard InChI is InChI=1S/C16H19F3N4O4S2/c1-21-12-15(11-20-21)29(26,27)23-8-2-7-22(9-10-23)28(24,25)14-5-3-13(4-6-14)16(17,18)19/h3-6,11-12H,2,7-10H2,1H3. The maximum atomic E-state index is 12.8. The molecule has 0 spiro atoms. The van der Waals surface area contributed by atoms with E-state index in [0.29, 0.717) is 12.1 Å². The van der Waals surface area contributed by atoms with Crippen LogP contribution in [0.4, 0.5) is 13.2 Å². The van der Waals surface area contributed by atoms with Crippen LogP contribution in [0.15, 0.2) is 46.5 Å². The van der Waals surface area contributed by atoms with Crippen LogP contribution in [0, 0.1) is 0 Å². The minimum absolute atomic E-state index is 0.0130. The topological polar surface area (TPSA) is 92.6 Å². The lowest BCUT2D eigenvalue weighted by atomic mass is 10.2. The molecule has 0 amide bonds. The predicted octanol–water partition coefficient (Wildman–Crippen LogP) is 1.52. The first-order valence-corrected chi connectivity index (χ1v) is 11.5. The molecule has 0 saturated carbocycles. The smallest absolute Gasteiger partial charge is 0.274 e. The van der Waals surface area contributed by atoms with Crippen LogP contribution in [0.1, 0.15) is 12.0 Å². The van der Waals surface area contributed by atoms with E-state index in [2.05, 4.69) is 5.10 Å². The average molecular weight is 452 g/mol. The van der Waals surface area contributed by atoms with Crippen LogP contribution < -0.4 is 0 Å². The molecule has 0 atom stereocenters. The molecule has 0 unspecified atom stereocenters. The highest BCUT2D eigenvalue weighted by Gasteiger charge is 2.34. The summed E-state index contributed by atoms with van der Waals surface area (Å²) in [4.78, 5) is -0.256. The molecule has 1 saturated heterocycles. The molecule has 1 aromatic carbocycles. The Labute approximate surface area is 166 Å². The maximum Gasteiger partial charge on any atom is 0.416 e. The van der Waals surface area contributed by atoms with E-state index < -0.39 is 31.8 Å². The second-order valence-corrected chi connectivity index (χ2v) is 10.4. The van der Waals surface area contributed by atoms with Crippen molar-refractivity contribution in [2.45, 2.75) is 22.4 Å². The number of hydrogen-bond acceptors (Lipinski definition) is 5. The van der Waals surface area contributed by atoms with Gasteiger partial charge in [-0.15, -0.1) is 0 Å². The van der Waals surface area contributed by atoms with Gasteiger partial charge in [0.15, 0.2) is 0 Å². The summed E-state index contributed by atoms with van der Waals surface area (Å²) in [6, 6.07) is 3.24. The molecule has 0 aliphatic carbocycles. The molecule has 1 aliphatic heterocycles. The third-order valence-electron chi connectivity index (χ3n) is 4.55. The van der Waals surface area contributed by atoms with E-state index in [-0.39, 0.29) is 42.4 Å². The first-order valence-electron chi connectivity index (χ1n) is 8.58. The number of benzene rings is 1. The molecular formula is C16H19F3N4O4S2. The summed E-state index contributed by atoms with van der Waals surface area (Å²) in [7, 11) is -6.28. The Kier molecular flexibility index (Phi) is 5.77. The highest BCUT2D eigenvalue weighted by atomic mass is 32.2. The Hall–Kier alpha value is -1.96. The summed E-state index contributed by atoms with van der Waals surface area (Å²) in [5.41, 5.74) is -0.943. The normalized spacial score (nSPS) is 17.9. The third kappa shape index (κ3) is 4.47. The number of halogens is 3. The summed E-state index contributed by atoms with van der Waals surface area (Å²) >= 11 is 0. The lowest BCUT2D eigenvalue weighted by Gasteiger charge is -2.21. The van der Waals surface area contributed by atoms with Gasteiger partial charge in [0.25, 0.3) is 0 Å². The Morgan fingerprint density at radius 3 is 1.83 bits per heavy atom. The van der Waals surface area contributed by atoms with Crippen molar-refractivity contribution < 1.29 is 30.0 Å². The van der Waals surface area contributed by atoms with Gasteiger partial charge in [-0.1, -0.05) is 0 Å². The van der Waals surface area contributed by atoms with Crippen LogP contribution in [0.5, 0.6) is 0 Å². The second-order valence-electron chi connectivity index (χ2n) is 6.53. The van der Waals surface area contributed by atoms with Gasteiger partial charge < -0.3 is 0 Å². The van der Waals surface area contributed by atoms with E-state index >= 15 is 0 Å². The van der Waals surface area contributed by atoms with Gasteiger partial charge in [-0.25, -0.2) is 16.8 Å². The molecule has 3 rings (SSSR count). The van der Waals surface area contributed by atoms with Crippen LogP contribution in [0.3, 0.4) is 0 Å². The fourth-order valence-corrected chi connectivity index (χ4v) is 5.92. The zero-order chi connectivity index (χ0) is 21.4. The lowest BCUT2D eigenvalue weighted by molar-refractivity contribution is -0.137. The van der Waals surface area contributed by atoms with Crippen LogP contribution >= 0.6 is 0 Å². The largest absolute Gasteiger partial charge is 0.416 e. The quantitative estimate of drug-likeness (QED) is 0.702. The molecule has 1 aromatic heterocycles. The molecule has 0 radical (unpaired) electrons. The van der Waals surface area contributed by atoms with E-state index in [4.69, 9.17) is 0 Å². The van der Waals surface area contributed by atoms with Crippen molar-refractivity contribution in [2.24, 2.45) is 7.05 Å². The zero-order valence-electron chi connectivity index (χ0n) is 15.4. The highest BCUT2D eigenvalue weighted by Crippen LogP contribution is 2.30. The van der Waals surface area contributed by atoms with Gasteiger partial charge in [0.1, 0.15) is 4.90 Å². The first-order chi connectivity index (χ1) is 13.4. The van der Waals surface area contributed by atoms with E-state index in [1.54, 1.807) is 7.05 Å². The summed E-state index contributed by atoms with van der Waals surface area (Å²) in [6.45, 7) is -0.00137. The monoisotopic (exact) mass is 452 g/mol. The van der Waals surface area contributed by atoms with Crippen LogP contribution in [-0.2, 0) is 33.3 Å². The van der Waals surface area contributed by atoms with Crippen molar-refractivity contribution in [3.8, 4) is 0 Å². The Bertz CT molecular complexity index is 1080. The fraction of sp³-hybridized carbons (Fsp3) is 0.438. The van der Waals surface area contributed by atoms with Crippen molar-refractivity contribution >= 4 is 20.0 Å². The summed E-state index contributed by atoms with van der Waals surface area (Å²) in [6.07, 6.45) is -1.74. The van der Waals surface area contributed by atoms with Crippen molar-refractivity contribution in [3.05, 3.63) is 42.2 Å². The molecule has 0 N–H and O–H groups in total. The minimum atomic E-state index is -4.56. The molecule has 29 heavy (non-hydrogen) atoms. The maximum absolute atomic E-state index is 12.8. The van der Waals surface area contributed by atoms with Gasteiger partial charge in [0, 0.05) is 39.4 Å². The number of aryl methyl sites for hydroxylation is 1. The molecular weight excluding hydrogens is 433 g/mol. The number of aromatic nitrogens is 2. The van der Waals surface area contributed by atoms with E-state index in [1.807, 2.05) is 0 Å². The Balaban J connectivity index is 1.78. The molecule has 2 aromatic rings. The van der Waals surface area contributed by atoms with Crippen molar-refractivity contribution in [1.29, 1.82) is 0 Å². The second kappa shape index (κ2) is 7.70. The first kappa shape index (κ1) is 21.7. The van der Waals surface area contributed by atoms with Gasteiger partial charge in [-0.2, -0.15) is 26.9 Å². The van der Waals surface area contributed by atoms with Gasteiger partial charge in [-0.3, -0.25) is 4.68 Å². The summed E-state index contributed by atoms with van der Waals surface area (Å²) < 4.78 is 92.7. The molecule has 1 aliphatic rings. The minimum Gasteiger partial charge on any atom is -0.274 e. The van der Waals surface area contributed by atoms with Gasteiger partial charge in [0.05, 0.1) is 16.7 Å². The number of sulfonamides is 2. The van der Waals surface area contributed by atoms with Crippen LogP contribution in [-0.4, -0.2) is 61.4 Å². The number of hydrogen-bond donors (Lipinski definition) is 0. The lowest BCUT2D eigenvalue weighted by Crippen LogP contribution is -2.37. The SMILES string of the molecule is Cn1cc(S(=O)(=O)N2CCCN(S(=O)(=O)c3ccc(C(F)(F)F)cc3)CC2)cn1. The van der Waals surface area contributed by atoms with Gasteiger partial charge in [0.2, 0.25) is 20.0 Å². The predicted molar refractivity (Wildman–Crippen MR) is 96.8 cm³/mol. The zero-order valence-corrected chi connectivity index (χ0v) is 17.0. The van der Waals surface area contributed by atoms with E-state index in [1.165, 1.54) is 21.4 Å². The third-order valence-corrected chi connectivity index (χ3v) is 8.32. The van der Waals surface area contributed by atoms with Gasteiger partial charge in [-0.05, 0) is 30.7 Å². The summed E-state index contributed by atoms with van der Waals surface area (Å²) in [5.74, 6) is 0. The molecule has 160 valence electrons. The van der Waals surface area contributed by atoms with Crippen LogP contribution in [0.2, 0.25) is 0 Å². The Morgan fingerprint density at radius 1 is 0.862 bits per heavy atom. The highest BCUT2D eigenvalue weighted by molar-refractivity contribution is 7.89.